The Balaban J connectivity index is 1.46. The Morgan fingerprint density at radius 2 is 2.13 bits per heavy atom. The van der Waals surface area contributed by atoms with Gasteiger partial charge in [-0.3, -0.25) is 4.90 Å². The Bertz CT molecular complexity index is 489. The molecule has 0 aromatic heterocycles. The molecule has 1 aromatic rings. The maximum Gasteiger partial charge on any atom is 0.142 e. The summed E-state index contributed by atoms with van der Waals surface area (Å²) >= 11 is 0. The van der Waals surface area contributed by atoms with Gasteiger partial charge in [0.25, 0.3) is 0 Å². The first-order valence-corrected chi connectivity index (χ1v) is 8.88. The van der Waals surface area contributed by atoms with Crippen LogP contribution in [0.2, 0.25) is 0 Å². The number of morpholine rings is 1. The summed E-state index contributed by atoms with van der Waals surface area (Å²) in [5, 5.41) is 7.13. The van der Waals surface area contributed by atoms with Crippen molar-refractivity contribution in [3.63, 3.8) is 0 Å². The molecule has 1 saturated heterocycles. The Hall–Kier alpha value is -1.30. The molecule has 2 N–H and O–H groups in total. The van der Waals surface area contributed by atoms with Crippen molar-refractivity contribution in [1.29, 1.82) is 0 Å². The lowest BCUT2D eigenvalue weighted by Crippen LogP contribution is -2.42. The zero-order valence-corrected chi connectivity index (χ0v) is 14.1. The molecule has 1 atom stereocenters. The molecule has 0 radical (unpaired) electrons. The third kappa shape index (κ3) is 4.83. The van der Waals surface area contributed by atoms with Crippen molar-refractivity contribution in [2.75, 3.05) is 57.9 Å². The molecule has 1 fully saturated rings. The van der Waals surface area contributed by atoms with Crippen LogP contribution in [0.4, 0.5) is 5.69 Å². The van der Waals surface area contributed by atoms with Gasteiger partial charge in [0, 0.05) is 38.8 Å². The highest BCUT2D eigenvalue weighted by Crippen LogP contribution is 2.28. The molecule has 23 heavy (non-hydrogen) atoms. The van der Waals surface area contributed by atoms with Gasteiger partial charge in [-0.15, -0.1) is 0 Å². The van der Waals surface area contributed by atoms with Gasteiger partial charge in [0.1, 0.15) is 12.4 Å². The lowest BCUT2D eigenvalue weighted by atomic mass is 10.0. The van der Waals surface area contributed by atoms with Gasteiger partial charge in [0.15, 0.2) is 0 Å². The first kappa shape index (κ1) is 16.6. The summed E-state index contributed by atoms with van der Waals surface area (Å²) in [7, 11) is 0. The molecule has 2 aliphatic rings. The SMILES string of the molecule is CCC(Cc1ccc2c(c1)NCCO2)NCCN1CCOCC1. The van der Waals surface area contributed by atoms with Gasteiger partial charge in [-0.2, -0.15) is 0 Å². The van der Waals surface area contributed by atoms with Crippen LogP contribution in [0.25, 0.3) is 0 Å². The fourth-order valence-corrected chi connectivity index (χ4v) is 3.21. The van der Waals surface area contributed by atoms with Gasteiger partial charge in [-0.1, -0.05) is 13.0 Å². The normalized spacial score (nSPS) is 19.5. The lowest BCUT2D eigenvalue weighted by molar-refractivity contribution is 0.0381. The Labute approximate surface area is 139 Å². The predicted molar refractivity (Wildman–Crippen MR) is 93.5 cm³/mol. The van der Waals surface area contributed by atoms with Gasteiger partial charge < -0.3 is 20.1 Å². The number of nitrogens with zero attached hydrogens (tertiary/aromatic N) is 1. The summed E-state index contributed by atoms with van der Waals surface area (Å²) in [6, 6.07) is 7.05. The summed E-state index contributed by atoms with van der Waals surface area (Å²) in [5.41, 5.74) is 2.50. The summed E-state index contributed by atoms with van der Waals surface area (Å²) in [5.74, 6) is 0.980. The minimum atomic E-state index is 0.526. The molecule has 0 saturated carbocycles. The Kier molecular flexibility index (Phi) is 6.13. The van der Waals surface area contributed by atoms with Crippen molar-refractivity contribution < 1.29 is 9.47 Å². The molecule has 5 heteroatoms. The second kappa shape index (κ2) is 8.52. The molecule has 128 valence electrons. The van der Waals surface area contributed by atoms with Crippen LogP contribution in [0.3, 0.4) is 0 Å². The third-order valence-electron chi connectivity index (χ3n) is 4.66. The lowest BCUT2D eigenvalue weighted by Gasteiger charge is -2.27. The number of nitrogens with one attached hydrogen (secondary N) is 2. The van der Waals surface area contributed by atoms with Crippen molar-refractivity contribution >= 4 is 5.69 Å². The van der Waals surface area contributed by atoms with Crippen molar-refractivity contribution in [1.82, 2.24) is 10.2 Å². The van der Waals surface area contributed by atoms with Crippen LogP contribution in [0.15, 0.2) is 18.2 Å². The molecule has 2 aliphatic heterocycles. The number of ether oxygens (including phenoxy) is 2. The molecule has 3 rings (SSSR count). The van der Waals surface area contributed by atoms with E-state index in [4.69, 9.17) is 9.47 Å². The summed E-state index contributed by atoms with van der Waals surface area (Å²) in [6.07, 6.45) is 2.21. The molecule has 1 unspecified atom stereocenters. The van der Waals surface area contributed by atoms with Crippen molar-refractivity contribution in [3.05, 3.63) is 23.8 Å². The molecular formula is C18H29N3O2. The van der Waals surface area contributed by atoms with E-state index in [1.54, 1.807) is 0 Å². The third-order valence-corrected chi connectivity index (χ3v) is 4.66. The predicted octanol–water partition coefficient (Wildman–Crippen LogP) is 1.73. The Morgan fingerprint density at radius 3 is 2.96 bits per heavy atom. The van der Waals surface area contributed by atoms with Crippen LogP contribution in [0.1, 0.15) is 18.9 Å². The second-order valence-electron chi connectivity index (χ2n) is 6.32. The van der Waals surface area contributed by atoms with Crippen LogP contribution in [-0.4, -0.2) is 63.5 Å². The van der Waals surface area contributed by atoms with Gasteiger partial charge >= 0.3 is 0 Å². The number of hydrogen-bond donors (Lipinski definition) is 2. The standard InChI is InChI=1S/C18H29N3O2/c1-2-16(19-5-7-21-8-11-22-12-9-21)13-15-3-4-18-17(14-15)20-6-10-23-18/h3-4,14,16,19-20H,2,5-13H2,1H3. The first-order chi connectivity index (χ1) is 11.3. The average molecular weight is 319 g/mol. The average Bonchev–Trinajstić information content (AvgIpc) is 2.61. The number of rotatable bonds is 7. The number of fused-ring (bicyclic) bond motifs is 1. The van der Waals surface area contributed by atoms with Crippen molar-refractivity contribution in [3.8, 4) is 5.75 Å². The van der Waals surface area contributed by atoms with Crippen molar-refractivity contribution in [2.45, 2.75) is 25.8 Å². The Morgan fingerprint density at radius 1 is 1.26 bits per heavy atom. The van der Waals surface area contributed by atoms with E-state index >= 15 is 0 Å². The summed E-state index contributed by atoms with van der Waals surface area (Å²) in [6.45, 7) is 9.95. The van der Waals surface area contributed by atoms with E-state index in [1.807, 2.05) is 0 Å². The van der Waals surface area contributed by atoms with Crippen LogP contribution < -0.4 is 15.4 Å². The van der Waals surface area contributed by atoms with E-state index in [0.29, 0.717) is 6.04 Å². The fraction of sp³-hybridized carbons (Fsp3) is 0.667. The highest BCUT2D eigenvalue weighted by molar-refractivity contribution is 5.59. The van der Waals surface area contributed by atoms with Gasteiger partial charge in [-0.05, 0) is 30.5 Å². The van der Waals surface area contributed by atoms with Gasteiger partial charge in [0.05, 0.1) is 18.9 Å². The quantitative estimate of drug-likeness (QED) is 0.801. The monoisotopic (exact) mass is 319 g/mol. The molecule has 0 aliphatic carbocycles. The molecular weight excluding hydrogens is 290 g/mol. The highest BCUT2D eigenvalue weighted by atomic mass is 16.5. The second-order valence-corrected chi connectivity index (χ2v) is 6.32. The molecule has 1 aromatic carbocycles. The van der Waals surface area contributed by atoms with Crippen molar-refractivity contribution in [2.24, 2.45) is 0 Å². The maximum absolute atomic E-state index is 5.65. The number of benzene rings is 1. The van der Waals surface area contributed by atoms with Gasteiger partial charge in [0.2, 0.25) is 0 Å². The van der Waals surface area contributed by atoms with Crippen LogP contribution in [-0.2, 0) is 11.2 Å². The molecule has 0 amide bonds. The topological polar surface area (TPSA) is 45.8 Å². The molecule has 5 nitrogen and oxygen atoms in total. The van der Waals surface area contributed by atoms with Crippen LogP contribution in [0, 0.1) is 0 Å². The molecule has 0 spiro atoms. The zero-order valence-electron chi connectivity index (χ0n) is 14.1. The fourth-order valence-electron chi connectivity index (χ4n) is 3.21. The number of anilines is 1. The molecule has 0 bridgehead atoms. The van der Waals surface area contributed by atoms with E-state index in [2.05, 4.69) is 40.7 Å². The molecule has 2 heterocycles. The van der Waals surface area contributed by atoms with E-state index in [-0.39, 0.29) is 0 Å². The smallest absolute Gasteiger partial charge is 0.142 e. The van der Waals surface area contributed by atoms with Gasteiger partial charge in [-0.25, -0.2) is 0 Å². The highest BCUT2D eigenvalue weighted by Gasteiger charge is 2.14. The maximum atomic E-state index is 5.65. The first-order valence-electron chi connectivity index (χ1n) is 8.88. The summed E-state index contributed by atoms with van der Waals surface area (Å²) in [4.78, 5) is 2.48. The van der Waals surface area contributed by atoms with E-state index < -0.39 is 0 Å². The van der Waals surface area contributed by atoms with E-state index in [1.165, 1.54) is 5.56 Å². The summed E-state index contributed by atoms with van der Waals surface area (Å²) < 4.78 is 11.0. The number of hydrogen-bond acceptors (Lipinski definition) is 5. The minimum Gasteiger partial charge on any atom is -0.490 e. The largest absolute Gasteiger partial charge is 0.490 e. The van der Waals surface area contributed by atoms with Crippen LogP contribution >= 0.6 is 0 Å². The zero-order chi connectivity index (χ0) is 15.9. The van der Waals surface area contributed by atoms with E-state index in [9.17, 15) is 0 Å². The van der Waals surface area contributed by atoms with E-state index in [0.717, 1.165) is 76.8 Å². The minimum absolute atomic E-state index is 0.526. The van der Waals surface area contributed by atoms with Crippen LogP contribution in [0.5, 0.6) is 5.75 Å².